The van der Waals surface area contributed by atoms with Gasteiger partial charge >= 0.3 is 6.18 Å². The van der Waals surface area contributed by atoms with Crippen molar-refractivity contribution in [1.29, 1.82) is 0 Å². The summed E-state index contributed by atoms with van der Waals surface area (Å²) in [5, 5.41) is 0.462. The van der Waals surface area contributed by atoms with E-state index in [1.807, 2.05) is 0 Å². The van der Waals surface area contributed by atoms with Crippen LogP contribution in [0.5, 0.6) is 0 Å². The Hall–Kier alpha value is -1.16. The summed E-state index contributed by atoms with van der Waals surface area (Å²) < 4.78 is 40.1. The highest BCUT2D eigenvalue weighted by atomic mass is 35.5. The van der Waals surface area contributed by atoms with E-state index in [0.29, 0.717) is 10.5 Å². The molecule has 0 unspecified atom stereocenters. The fourth-order valence-electron chi connectivity index (χ4n) is 1.90. The third-order valence-electron chi connectivity index (χ3n) is 2.74. The highest BCUT2D eigenvalue weighted by Gasteiger charge is 2.36. The molecule has 0 aliphatic heterocycles. The van der Waals surface area contributed by atoms with Crippen LogP contribution >= 0.6 is 11.6 Å². The van der Waals surface area contributed by atoms with Gasteiger partial charge in [-0.2, -0.15) is 13.2 Å². The number of aromatic nitrogens is 1. The molecular weight excluding hydrogens is 239 g/mol. The Morgan fingerprint density at radius 1 is 1.25 bits per heavy atom. The predicted octanol–water partition coefficient (Wildman–Crippen LogP) is 4.16. The van der Waals surface area contributed by atoms with Gasteiger partial charge in [-0.05, 0) is 25.1 Å². The maximum Gasteiger partial charge on any atom is 0.418 e. The Labute approximate surface area is 95.4 Å². The predicted molar refractivity (Wildman–Crippen MR) is 57.7 cm³/mol. The van der Waals surface area contributed by atoms with Crippen molar-refractivity contribution in [3.05, 3.63) is 34.5 Å². The number of nitrogens with zero attached hydrogens (tertiary/aromatic N) is 1. The van der Waals surface area contributed by atoms with Gasteiger partial charge in [0, 0.05) is 28.7 Å². The Morgan fingerprint density at radius 3 is 2.44 bits per heavy atom. The van der Waals surface area contributed by atoms with E-state index in [2.05, 4.69) is 0 Å². The molecule has 0 aliphatic rings. The van der Waals surface area contributed by atoms with Crippen molar-refractivity contribution < 1.29 is 13.2 Å². The van der Waals surface area contributed by atoms with Crippen molar-refractivity contribution in [2.24, 2.45) is 7.05 Å². The van der Waals surface area contributed by atoms with E-state index in [0.717, 1.165) is 0 Å². The molecule has 0 atom stereocenters. The lowest BCUT2D eigenvalue weighted by Crippen LogP contribution is -2.07. The van der Waals surface area contributed by atoms with Crippen LogP contribution < -0.4 is 0 Å². The highest BCUT2D eigenvalue weighted by molar-refractivity contribution is 6.31. The van der Waals surface area contributed by atoms with Gasteiger partial charge in [0.1, 0.15) is 0 Å². The van der Waals surface area contributed by atoms with E-state index in [1.165, 1.54) is 17.6 Å². The molecule has 0 spiro atoms. The number of halogens is 4. The van der Waals surface area contributed by atoms with Gasteiger partial charge < -0.3 is 4.57 Å². The zero-order chi connectivity index (χ0) is 12.1. The van der Waals surface area contributed by atoms with Crippen molar-refractivity contribution in [3.63, 3.8) is 0 Å². The second-order valence-electron chi connectivity index (χ2n) is 3.68. The van der Waals surface area contributed by atoms with Gasteiger partial charge in [0.25, 0.3) is 0 Å². The number of rotatable bonds is 0. The molecule has 1 nitrogen and oxygen atoms in total. The van der Waals surface area contributed by atoms with Gasteiger partial charge in [-0.25, -0.2) is 0 Å². The summed E-state index contributed by atoms with van der Waals surface area (Å²) in [6, 6.07) is 4.54. The van der Waals surface area contributed by atoms with Crippen LogP contribution in [0.2, 0.25) is 5.02 Å². The molecule has 5 heteroatoms. The molecule has 0 N–H and O–H groups in total. The largest absolute Gasteiger partial charge is 0.418 e. The van der Waals surface area contributed by atoms with E-state index in [4.69, 9.17) is 11.6 Å². The van der Waals surface area contributed by atoms with Crippen molar-refractivity contribution >= 4 is 22.5 Å². The van der Waals surface area contributed by atoms with Gasteiger partial charge in [0.15, 0.2) is 0 Å². The molecule has 0 fully saturated rings. The summed E-state index contributed by atoms with van der Waals surface area (Å²) in [7, 11) is 1.61. The molecule has 1 aromatic carbocycles. The van der Waals surface area contributed by atoms with Crippen LogP contribution in [0.25, 0.3) is 10.9 Å². The number of hydrogen-bond donors (Lipinski definition) is 0. The smallest absolute Gasteiger partial charge is 0.347 e. The van der Waals surface area contributed by atoms with Gasteiger partial charge in [-0.1, -0.05) is 11.6 Å². The number of alkyl halides is 3. The summed E-state index contributed by atoms with van der Waals surface area (Å²) in [6.45, 7) is 1.46. The quantitative estimate of drug-likeness (QED) is 0.659. The van der Waals surface area contributed by atoms with Gasteiger partial charge in [-0.3, -0.25) is 0 Å². The average molecular weight is 248 g/mol. The highest BCUT2D eigenvalue weighted by Crippen LogP contribution is 2.39. The van der Waals surface area contributed by atoms with Gasteiger partial charge in [0.05, 0.1) is 5.56 Å². The lowest BCUT2D eigenvalue weighted by atomic mass is 10.1. The van der Waals surface area contributed by atoms with Crippen LogP contribution in [-0.2, 0) is 13.2 Å². The van der Waals surface area contributed by atoms with Gasteiger partial charge in [-0.15, -0.1) is 0 Å². The third-order valence-corrected chi connectivity index (χ3v) is 2.97. The minimum absolute atomic E-state index is 0.153. The number of benzene rings is 1. The maximum atomic E-state index is 12.9. The van der Waals surface area contributed by atoms with Crippen LogP contribution in [0, 0.1) is 6.92 Å². The summed E-state index contributed by atoms with van der Waals surface area (Å²) in [4.78, 5) is 0. The normalized spacial score (nSPS) is 12.4. The molecule has 0 aliphatic carbocycles. The first-order valence-corrected chi connectivity index (χ1v) is 5.02. The fourth-order valence-corrected chi connectivity index (χ4v) is 2.07. The summed E-state index contributed by atoms with van der Waals surface area (Å²) in [6.07, 6.45) is -4.35. The SMILES string of the molecule is Cc1c(C(F)(F)F)c2cc(Cl)ccc2n1C. The zero-order valence-electron chi connectivity index (χ0n) is 8.69. The molecule has 2 rings (SSSR count). The minimum atomic E-state index is -4.35. The van der Waals surface area contributed by atoms with E-state index in [1.54, 1.807) is 19.2 Å². The van der Waals surface area contributed by atoms with Crippen LogP contribution in [0.4, 0.5) is 13.2 Å². The van der Waals surface area contributed by atoms with E-state index in [-0.39, 0.29) is 11.1 Å². The van der Waals surface area contributed by atoms with E-state index >= 15 is 0 Å². The first kappa shape index (κ1) is 11.3. The van der Waals surface area contributed by atoms with Crippen LogP contribution in [0.15, 0.2) is 18.2 Å². The van der Waals surface area contributed by atoms with Crippen molar-refractivity contribution in [2.75, 3.05) is 0 Å². The molecule has 86 valence electrons. The molecule has 0 saturated carbocycles. The minimum Gasteiger partial charge on any atom is -0.347 e. The topological polar surface area (TPSA) is 4.93 Å². The van der Waals surface area contributed by atoms with Crippen LogP contribution in [0.1, 0.15) is 11.3 Å². The molecule has 16 heavy (non-hydrogen) atoms. The third kappa shape index (κ3) is 1.57. The Kier molecular flexibility index (Phi) is 2.42. The molecule has 0 saturated heterocycles. The fraction of sp³-hybridized carbons (Fsp3) is 0.273. The number of fused-ring (bicyclic) bond motifs is 1. The monoisotopic (exact) mass is 247 g/mol. The summed E-state index contributed by atoms with van der Waals surface area (Å²) in [5.41, 5.74) is 0.131. The molecule has 1 heterocycles. The van der Waals surface area contributed by atoms with Crippen molar-refractivity contribution in [2.45, 2.75) is 13.1 Å². The molecule has 2 aromatic rings. The van der Waals surface area contributed by atoms with Gasteiger partial charge in [0.2, 0.25) is 0 Å². The summed E-state index contributed by atoms with van der Waals surface area (Å²) in [5.74, 6) is 0. The van der Waals surface area contributed by atoms with E-state index < -0.39 is 11.7 Å². The maximum absolute atomic E-state index is 12.9. The number of aryl methyl sites for hydroxylation is 1. The molecule has 0 bridgehead atoms. The lowest BCUT2D eigenvalue weighted by molar-refractivity contribution is -0.136. The average Bonchev–Trinajstić information content (AvgIpc) is 2.38. The Bertz CT molecular complexity index is 554. The lowest BCUT2D eigenvalue weighted by Gasteiger charge is -2.06. The van der Waals surface area contributed by atoms with Crippen LogP contribution in [0.3, 0.4) is 0 Å². The molecule has 1 aromatic heterocycles. The van der Waals surface area contributed by atoms with Crippen LogP contribution in [-0.4, -0.2) is 4.57 Å². The second-order valence-corrected chi connectivity index (χ2v) is 4.12. The first-order valence-electron chi connectivity index (χ1n) is 4.64. The summed E-state index contributed by atoms with van der Waals surface area (Å²) >= 11 is 5.73. The number of hydrogen-bond acceptors (Lipinski definition) is 0. The zero-order valence-corrected chi connectivity index (χ0v) is 9.45. The van der Waals surface area contributed by atoms with Crippen molar-refractivity contribution in [3.8, 4) is 0 Å². The Balaban J connectivity index is 2.92. The standard InChI is InChI=1S/C11H9ClF3N/c1-6-10(11(13,14)15)8-5-7(12)3-4-9(8)16(6)2/h3-5H,1-2H3. The molecular formula is C11H9ClF3N. The Morgan fingerprint density at radius 2 is 1.88 bits per heavy atom. The van der Waals surface area contributed by atoms with Crippen molar-refractivity contribution in [1.82, 2.24) is 4.57 Å². The molecule has 0 amide bonds. The second kappa shape index (κ2) is 3.42. The molecule has 0 radical (unpaired) electrons. The first-order chi connectivity index (χ1) is 7.32. The van der Waals surface area contributed by atoms with E-state index in [9.17, 15) is 13.2 Å².